The van der Waals surface area contributed by atoms with E-state index in [-0.39, 0.29) is 29.8 Å². The van der Waals surface area contributed by atoms with E-state index < -0.39 is 5.91 Å². The predicted octanol–water partition coefficient (Wildman–Crippen LogP) is 2.56. The van der Waals surface area contributed by atoms with Crippen molar-refractivity contribution in [1.29, 1.82) is 0 Å². The summed E-state index contributed by atoms with van der Waals surface area (Å²) >= 11 is 0. The van der Waals surface area contributed by atoms with Gasteiger partial charge in [0.15, 0.2) is 5.69 Å². The minimum Gasteiger partial charge on any atom is -0.489 e. The molecule has 2 heterocycles. The van der Waals surface area contributed by atoms with Gasteiger partial charge in [-0.25, -0.2) is 14.4 Å². The molecule has 4 aromatic rings. The molecule has 192 valence electrons. The van der Waals surface area contributed by atoms with Crippen LogP contribution < -0.4 is 15.9 Å². The molecule has 3 N–H and O–H groups in total. The first-order valence-corrected chi connectivity index (χ1v) is 11.5. The maximum absolute atomic E-state index is 13.1. The van der Waals surface area contributed by atoms with Crippen molar-refractivity contribution in [1.82, 2.24) is 35.6 Å². The van der Waals surface area contributed by atoms with Gasteiger partial charge in [0.25, 0.3) is 5.91 Å². The summed E-state index contributed by atoms with van der Waals surface area (Å²) in [5.41, 5.74) is 10.4. The number of hydrogen-bond acceptors (Lipinski definition) is 10. The highest BCUT2D eigenvalue weighted by Crippen LogP contribution is 2.18. The van der Waals surface area contributed by atoms with E-state index >= 15 is 0 Å². The fourth-order valence-corrected chi connectivity index (χ4v) is 3.44. The van der Waals surface area contributed by atoms with Crippen LogP contribution >= 0.6 is 0 Å². The van der Waals surface area contributed by atoms with Crippen LogP contribution in [0.5, 0.6) is 5.75 Å². The molecule has 37 heavy (non-hydrogen) atoms. The summed E-state index contributed by atoms with van der Waals surface area (Å²) in [5.74, 6) is -0.0795. The van der Waals surface area contributed by atoms with Gasteiger partial charge in [0.1, 0.15) is 18.2 Å². The number of carbonyl (C=O) groups is 1. The smallest absolute Gasteiger partial charge is 0.293 e. The highest BCUT2D eigenvalue weighted by Gasteiger charge is 2.25. The molecule has 0 aliphatic rings. The van der Waals surface area contributed by atoms with Crippen LogP contribution in [0.1, 0.15) is 41.2 Å². The molecule has 0 saturated heterocycles. The number of aromatic nitrogens is 5. The summed E-state index contributed by atoms with van der Waals surface area (Å²) in [5, 5.41) is 19.5. The molecule has 1 amide bonds. The number of hydrogen-bond donors (Lipinski definition) is 2. The summed E-state index contributed by atoms with van der Waals surface area (Å²) < 4.78 is 24.8. The van der Waals surface area contributed by atoms with Gasteiger partial charge in [-0.05, 0) is 58.8 Å². The van der Waals surface area contributed by atoms with Gasteiger partial charge in [-0.1, -0.05) is 43.3 Å². The Morgan fingerprint density at radius 2 is 2.00 bits per heavy atom. The van der Waals surface area contributed by atoms with Gasteiger partial charge in [-0.2, -0.15) is 9.78 Å². The number of carbonyl (C=O) groups excluding carboxylic acids is 1. The molecular weight excluding hydrogens is 481 g/mol. The van der Waals surface area contributed by atoms with Crippen molar-refractivity contribution >= 4 is 17.9 Å². The number of amides is 1. The molecular formula is C24H26FN9O3. The lowest BCUT2D eigenvalue weighted by Gasteiger charge is -2.18. The number of nitrogens with one attached hydrogen (secondary N) is 1. The molecule has 12 nitrogen and oxygen atoms in total. The van der Waals surface area contributed by atoms with E-state index in [1.807, 2.05) is 19.9 Å². The number of nitrogen functional groups attached to an aromatic ring is 1. The Morgan fingerprint density at radius 1 is 1.22 bits per heavy atom. The first kappa shape index (κ1) is 25.4. The van der Waals surface area contributed by atoms with E-state index in [1.54, 1.807) is 30.3 Å². The summed E-state index contributed by atoms with van der Waals surface area (Å²) in [6.45, 7) is 6.15. The lowest BCUT2D eigenvalue weighted by Crippen LogP contribution is -2.27. The van der Waals surface area contributed by atoms with E-state index in [4.69, 9.17) is 10.5 Å². The molecule has 0 aliphatic heterocycles. The second-order valence-corrected chi connectivity index (χ2v) is 7.92. The molecule has 0 aliphatic carbocycles. The van der Waals surface area contributed by atoms with Crippen molar-refractivity contribution < 1.29 is 18.6 Å². The Hall–Kier alpha value is -4.65. The van der Waals surface area contributed by atoms with Crippen molar-refractivity contribution in [3.63, 3.8) is 0 Å². The standard InChI is InChI=1S/C24H26FN9O3/c1-3-33(4-2)14-20-21(28-32-34(20)23-22(26)30-37-31-23)24(35)29-27-13-17-6-5-7-19(12-17)36-15-16-8-10-18(25)11-9-16/h5-13H,3-4,14-15H2,1-2H3,(H2,26,30)(H,29,35)/b27-13+. The number of rotatable bonds is 11. The zero-order chi connectivity index (χ0) is 26.2. The number of anilines is 1. The fourth-order valence-electron chi connectivity index (χ4n) is 3.44. The van der Waals surface area contributed by atoms with Crippen molar-refractivity contribution in [3.05, 3.63) is 76.9 Å². The number of ether oxygens (including phenoxy) is 1. The molecule has 2 aromatic carbocycles. The average Bonchev–Trinajstić information content (AvgIpc) is 3.52. The number of benzene rings is 2. The van der Waals surface area contributed by atoms with Crippen molar-refractivity contribution in [2.45, 2.75) is 27.0 Å². The van der Waals surface area contributed by atoms with Crippen molar-refractivity contribution in [2.75, 3.05) is 18.8 Å². The Labute approximate surface area is 211 Å². The lowest BCUT2D eigenvalue weighted by atomic mass is 10.2. The number of nitrogens with two attached hydrogens (primary N) is 1. The van der Waals surface area contributed by atoms with Crippen molar-refractivity contribution in [2.24, 2.45) is 5.10 Å². The summed E-state index contributed by atoms with van der Waals surface area (Å²) in [4.78, 5) is 15.0. The zero-order valence-electron chi connectivity index (χ0n) is 20.3. The molecule has 0 fully saturated rings. The Morgan fingerprint density at radius 3 is 2.70 bits per heavy atom. The Kier molecular flexibility index (Phi) is 8.15. The molecule has 0 spiro atoms. The number of hydrazone groups is 1. The van der Waals surface area contributed by atoms with E-state index in [0.717, 1.165) is 18.7 Å². The van der Waals surface area contributed by atoms with Crippen LogP contribution in [-0.4, -0.2) is 55.4 Å². The van der Waals surface area contributed by atoms with E-state index in [2.05, 4.69) is 40.7 Å². The molecule has 0 radical (unpaired) electrons. The first-order chi connectivity index (χ1) is 18.0. The molecule has 13 heteroatoms. The van der Waals surface area contributed by atoms with Gasteiger partial charge < -0.3 is 10.5 Å². The van der Waals surface area contributed by atoms with Crippen LogP contribution in [0.2, 0.25) is 0 Å². The maximum atomic E-state index is 13.1. The lowest BCUT2D eigenvalue weighted by molar-refractivity contribution is 0.0948. The highest BCUT2D eigenvalue weighted by atomic mass is 19.1. The molecule has 0 atom stereocenters. The second-order valence-electron chi connectivity index (χ2n) is 7.92. The van der Waals surface area contributed by atoms with Gasteiger partial charge in [0.05, 0.1) is 11.9 Å². The average molecular weight is 508 g/mol. The van der Waals surface area contributed by atoms with Gasteiger partial charge in [-0.3, -0.25) is 9.69 Å². The molecule has 2 aromatic heterocycles. The molecule has 0 saturated carbocycles. The van der Waals surface area contributed by atoms with E-state index in [0.29, 0.717) is 23.6 Å². The van der Waals surface area contributed by atoms with Crippen LogP contribution in [-0.2, 0) is 13.2 Å². The van der Waals surface area contributed by atoms with Crippen LogP contribution in [0, 0.1) is 5.82 Å². The Balaban J connectivity index is 1.45. The monoisotopic (exact) mass is 507 g/mol. The van der Waals surface area contributed by atoms with Gasteiger partial charge >= 0.3 is 0 Å². The van der Waals surface area contributed by atoms with Crippen LogP contribution in [0.4, 0.5) is 10.2 Å². The number of nitrogens with zero attached hydrogens (tertiary/aromatic N) is 7. The van der Waals surface area contributed by atoms with Gasteiger partial charge in [0, 0.05) is 6.54 Å². The summed E-state index contributed by atoms with van der Waals surface area (Å²) in [6.07, 6.45) is 1.48. The quantitative estimate of drug-likeness (QED) is 0.231. The van der Waals surface area contributed by atoms with Crippen molar-refractivity contribution in [3.8, 4) is 11.6 Å². The third kappa shape index (κ3) is 6.32. The third-order valence-corrected chi connectivity index (χ3v) is 5.50. The Bertz CT molecular complexity index is 1360. The van der Waals surface area contributed by atoms with Gasteiger partial charge in [-0.15, -0.1) is 5.10 Å². The third-order valence-electron chi connectivity index (χ3n) is 5.50. The maximum Gasteiger partial charge on any atom is 0.293 e. The zero-order valence-corrected chi connectivity index (χ0v) is 20.3. The second kappa shape index (κ2) is 11.9. The topological polar surface area (TPSA) is 150 Å². The number of halogens is 1. The normalized spacial score (nSPS) is 11.4. The SMILES string of the molecule is CCN(CC)Cc1c(C(=O)N/N=C/c2cccc(OCc3ccc(F)cc3)c2)nnn1-c1nonc1N. The largest absolute Gasteiger partial charge is 0.489 e. The predicted molar refractivity (Wildman–Crippen MR) is 132 cm³/mol. The van der Waals surface area contributed by atoms with Gasteiger partial charge in [0.2, 0.25) is 11.6 Å². The minimum atomic E-state index is -0.552. The minimum absolute atomic E-state index is 0.0252. The summed E-state index contributed by atoms with van der Waals surface area (Å²) in [7, 11) is 0. The first-order valence-electron chi connectivity index (χ1n) is 11.5. The summed E-state index contributed by atoms with van der Waals surface area (Å²) in [6, 6.07) is 13.3. The highest BCUT2D eigenvalue weighted by molar-refractivity contribution is 5.94. The van der Waals surface area contributed by atoms with Crippen LogP contribution in [0.3, 0.4) is 0 Å². The fraction of sp³-hybridized carbons (Fsp3) is 0.250. The molecule has 4 rings (SSSR count). The molecule has 0 unspecified atom stereocenters. The van der Waals surface area contributed by atoms with E-state index in [9.17, 15) is 9.18 Å². The van der Waals surface area contributed by atoms with Crippen LogP contribution in [0.15, 0.2) is 58.3 Å². The van der Waals surface area contributed by atoms with Crippen LogP contribution in [0.25, 0.3) is 5.82 Å². The van der Waals surface area contributed by atoms with E-state index in [1.165, 1.54) is 23.0 Å². The molecule has 0 bridgehead atoms.